The van der Waals surface area contributed by atoms with E-state index in [4.69, 9.17) is 21.1 Å². The van der Waals surface area contributed by atoms with Crippen LogP contribution in [0.2, 0.25) is 5.02 Å². The van der Waals surface area contributed by atoms with Gasteiger partial charge in [0.15, 0.2) is 0 Å². The van der Waals surface area contributed by atoms with Crippen LogP contribution in [0.5, 0.6) is 5.75 Å². The van der Waals surface area contributed by atoms with Crippen molar-refractivity contribution in [1.82, 2.24) is 15.0 Å². The Bertz CT molecular complexity index is 1330. The van der Waals surface area contributed by atoms with E-state index in [1.807, 2.05) is 24.3 Å². The summed E-state index contributed by atoms with van der Waals surface area (Å²) in [5, 5.41) is 8.90. The van der Waals surface area contributed by atoms with E-state index >= 15 is 0 Å². The molecule has 2 atom stereocenters. The van der Waals surface area contributed by atoms with Gasteiger partial charge in [0, 0.05) is 16.3 Å². The molecule has 0 aliphatic carbocycles. The quantitative estimate of drug-likeness (QED) is 0.365. The van der Waals surface area contributed by atoms with Gasteiger partial charge in [-0.05, 0) is 54.1 Å². The van der Waals surface area contributed by atoms with Gasteiger partial charge in [-0.15, -0.1) is 5.10 Å². The number of hydrogen-bond acceptors (Lipinski definition) is 5. The minimum absolute atomic E-state index is 0.250. The second kappa shape index (κ2) is 9.15. The van der Waals surface area contributed by atoms with Gasteiger partial charge < -0.3 is 9.47 Å². The van der Waals surface area contributed by atoms with E-state index < -0.39 is 18.2 Å². The maximum Gasteiger partial charge on any atom is 0.415 e. The summed E-state index contributed by atoms with van der Waals surface area (Å²) in [6.45, 7) is 0.250. The zero-order chi connectivity index (χ0) is 23.7. The molecule has 172 valence electrons. The minimum Gasteiger partial charge on any atom is -0.497 e. The lowest BCUT2D eigenvalue weighted by molar-refractivity contribution is 0.117. The molecule has 1 aromatic heterocycles. The Kier molecular flexibility index (Phi) is 5.90. The van der Waals surface area contributed by atoms with Crippen LogP contribution in [-0.4, -0.2) is 34.3 Å². The fourth-order valence-electron chi connectivity index (χ4n) is 4.08. The van der Waals surface area contributed by atoms with Crippen LogP contribution in [0.1, 0.15) is 11.6 Å². The Balaban J connectivity index is 1.49. The molecule has 2 heterocycles. The zero-order valence-electron chi connectivity index (χ0n) is 18.1. The molecule has 4 aromatic rings. The number of anilines is 1. The number of halogens is 2. The van der Waals surface area contributed by atoms with E-state index in [0.29, 0.717) is 27.7 Å². The average molecular weight is 479 g/mol. The highest BCUT2D eigenvalue weighted by Gasteiger charge is 2.44. The van der Waals surface area contributed by atoms with E-state index in [2.05, 4.69) is 10.3 Å². The van der Waals surface area contributed by atoms with Crippen LogP contribution in [0.3, 0.4) is 0 Å². The van der Waals surface area contributed by atoms with E-state index in [-0.39, 0.29) is 12.4 Å². The van der Waals surface area contributed by atoms with Crippen molar-refractivity contribution in [3.05, 3.63) is 95.4 Å². The molecule has 1 amide bonds. The fourth-order valence-corrected chi connectivity index (χ4v) is 4.20. The molecule has 0 bridgehead atoms. The number of benzene rings is 3. The summed E-state index contributed by atoms with van der Waals surface area (Å²) in [6, 6.07) is 20.2. The molecule has 3 aromatic carbocycles. The summed E-state index contributed by atoms with van der Waals surface area (Å²) >= 11 is 6.05. The highest BCUT2D eigenvalue weighted by Crippen LogP contribution is 2.39. The van der Waals surface area contributed by atoms with E-state index in [1.165, 1.54) is 12.1 Å². The topological polar surface area (TPSA) is 69.5 Å². The number of carbonyl (C=O) groups is 1. The van der Waals surface area contributed by atoms with Gasteiger partial charge in [-0.1, -0.05) is 41.1 Å². The smallest absolute Gasteiger partial charge is 0.415 e. The lowest BCUT2D eigenvalue weighted by atomic mass is 9.99. The first-order chi connectivity index (χ1) is 16.5. The molecule has 0 spiro atoms. The lowest BCUT2D eigenvalue weighted by Gasteiger charge is -2.25. The molecule has 5 rings (SSSR count). The standard InChI is InChI=1S/C25H20ClFN4O3/c1-33-21-7-3-5-17(13-21)24-23(34-25(32)31(24)20-10-8-18(26)9-11-20)15-30-14-22(28-29-30)16-4-2-6-19(27)12-16/h2-14,23-24H,15H2,1H3/t23-,24-/m0/s1. The van der Waals surface area contributed by atoms with Gasteiger partial charge in [-0.2, -0.15) is 0 Å². The monoisotopic (exact) mass is 478 g/mol. The summed E-state index contributed by atoms with van der Waals surface area (Å²) in [4.78, 5) is 14.6. The third kappa shape index (κ3) is 4.32. The number of aromatic nitrogens is 3. The van der Waals surface area contributed by atoms with Crippen molar-refractivity contribution in [2.75, 3.05) is 12.0 Å². The molecule has 0 radical (unpaired) electrons. The summed E-state index contributed by atoms with van der Waals surface area (Å²) in [5.74, 6) is 0.314. The Morgan fingerprint density at radius 1 is 1.09 bits per heavy atom. The predicted molar refractivity (Wildman–Crippen MR) is 125 cm³/mol. The third-order valence-corrected chi connectivity index (χ3v) is 5.90. The molecule has 1 fully saturated rings. The van der Waals surface area contributed by atoms with Crippen molar-refractivity contribution >= 4 is 23.4 Å². The Hall–Kier alpha value is -3.91. The number of methoxy groups -OCH3 is 1. The lowest BCUT2D eigenvalue weighted by Crippen LogP contribution is -2.31. The molecule has 1 saturated heterocycles. The van der Waals surface area contributed by atoms with Crippen LogP contribution < -0.4 is 9.64 Å². The summed E-state index contributed by atoms with van der Waals surface area (Å²) in [6.07, 6.45) is 0.652. The average Bonchev–Trinajstić information content (AvgIpc) is 3.44. The van der Waals surface area contributed by atoms with Crippen molar-refractivity contribution < 1.29 is 18.7 Å². The summed E-state index contributed by atoms with van der Waals surface area (Å²) in [5.41, 5.74) is 2.64. The molecule has 0 unspecified atom stereocenters. The first-order valence-corrected chi connectivity index (χ1v) is 10.9. The van der Waals surface area contributed by atoms with Gasteiger partial charge in [0.2, 0.25) is 0 Å². The zero-order valence-corrected chi connectivity index (χ0v) is 18.9. The number of ether oxygens (including phenoxy) is 2. The van der Waals surface area contributed by atoms with Crippen LogP contribution in [-0.2, 0) is 11.3 Å². The van der Waals surface area contributed by atoms with Crippen LogP contribution >= 0.6 is 11.6 Å². The molecular formula is C25H20ClFN4O3. The van der Waals surface area contributed by atoms with Gasteiger partial charge in [0.1, 0.15) is 29.4 Å². The van der Waals surface area contributed by atoms with Crippen molar-refractivity contribution in [2.45, 2.75) is 18.7 Å². The Morgan fingerprint density at radius 3 is 2.65 bits per heavy atom. The van der Waals surface area contributed by atoms with Crippen molar-refractivity contribution in [2.24, 2.45) is 0 Å². The molecular weight excluding hydrogens is 459 g/mol. The number of cyclic esters (lactones) is 1. The van der Waals surface area contributed by atoms with Crippen molar-refractivity contribution in [3.8, 4) is 17.0 Å². The highest BCUT2D eigenvalue weighted by atomic mass is 35.5. The second-order valence-electron chi connectivity index (χ2n) is 7.83. The largest absolute Gasteiger partial charge is 0.497 e. The molecule has 1 aliphatic rings. The van der Waals surface area contributed by atoms with Crippen LogP contribution in [0.25, 0.3) is 11.3 Å². The summed E-state index contributed by atoms with van der Waals surface area (Å²) < 4.78 is 26.4. The van der Waals surface area contributed by atoms with Crippen LogP contribution in [0.15, 0.2) is 79.0 Å². The number of nitrogens with zero attached hydrogens (tertiary/aromatic N) is 4. The molecule has 0 saturated carbocycles. The van der Waals surface area contributed by atoms with Gasteiger partial charge in [-0.3, -0.25) is 4.90 Å². The Morgan fingerprint density at radius 2 is 1.88 bits per heavy atom. The molecule has 1 aliphatic heterocycles. The minimum atomic E-state index is -0.572. The molecule has 34 heavy (non-hydrogen) atoms. The molecule has 9 heteroatoms. The second-order valence-corrected chi connectivity index (χ2v) is 8.26. The Labute approximate surface area is 200 Å². The SMILES string of the molecule is COc1cccc([C@H]2[C@H](Cn3cc(-c4cccc(F)c4)nn3)OC(=O)N2c2ccc(Cl)cc2)c1. The van der Waals surface area contributed by atoms with Crippen molar-refractivity contribution in [1.29, 1.82) is 0 Å². The number of carbonyl (C=O) groups excluding carboxylic acids is 1. The first-order valence-electron chi connectivity index (χ1n) is 10.6. The van der Waals surface area contributed by atoms with Gasteiger partial charge in [0.05, 0.1) is 19.9 Å². The highest BCUT2D eigenvalue weighted by molar-refractivity contribution is 6.30. The van der Waals surface area contributed by atoms with Crippen LogP contribution in [0, 0.1) is 5.82 Å². The van der Waals surface area contributed by atoms with Crippen molar-refractivity contribution in [3.63, 3.8) is 0 Å². The predicted octanol–water partition coefficient (Wildman–Crippen LogP) is 5.51. The van der Waals surface area contributed by atoms with E-state index in [9.17, 15) is 9.18 Å². The fraction of sp³-hybridized carbons (Fsp3) is 0.160. The van der Waals surface area contributed by atoms with Gasteiger partial charge in [-0.25, -0.2) is 13.9 Å². The number of hydrogen-bond donors (Lipinski definition) is 0. The van der Waals surface area contributed by atoms with Crippen LogP contribution in [0.4, 0.5) is 14.9 Å². The first kappa shape index (κ1) is 21.9. The van der Waals surface area contributed by atoms with Gasteiger partial charge >= 0.3 is 6.09 Å². The molecule has 7 nitrogen and oxygen atoms in total. The van der Waals surface area contributed by atoms with E-state index in [1.54, 1.807) is 59.3 Å². The third-order valence-electron chi connectivity index (χ3n) is 5.65. The number of rotatable bonds is 6. The van der Waals surface area contributed by atoms with E-state index in [0.717, 1.165) is 5.56 Å². The molecule has 0 N–H and O–H groups in total. The maximum atomic E-state index is 13.6. The maximum absolute atomic E-state index is 13.6. The summed E-state index contributed by atoms with van der Waals surface area (Å²) in [7, 11) is 1.59. The number of amides is 1. The van der Waals surface area contributed by atoms with Gasteiger partial charge in [0.25, 0.3) is 0 Å². The normalized spacial score (nSPS) is 17.6.